The maximum atomic E-state index is 11.8. The van der Waals surface area contributed by atoms with E-state index in [-0.39, 0.29) is 25.8 Å². The van der Waals surface area contributed by atoms with Gasteiger partial charge in [-0.3, -0.25) is 14.4 Å². The van der Waals surface area contributed by atoms with Crippen molar-refractivity contribution in [3.8, 4) is 0 Å². The minimum atomic E-state index is -2.26. The fourth-order valence-electron chi connectivity index (χ4n) is 4.84. The molecule has 0 spiro atoms. The zero-order valence-electron chi connectivity index (χ0n) is 29.8. The second-order valence-electron chi connectivity index (χ2n) is 11.8. The van der Waals surface area contributed by atoms with Gasteiger partial charge in [0.2, 0.25) is 0 Å². The van der Waals surface area contributed by atoms with Crippen molar-refractivity contribution in [2.75, 3.05) is 26.4 Å². The first-order valence-electron chi connectivity index (χ1n) is 18.0. The van der Waals surface area contributed by atoms with Gasteiger partial charge in [0.25, 0.3) is 0 Å². The molecule has 1 unspecified atom stereocenters. The maximum Gasteiger partial charge on any atom is 0.339 e. The van der Waals surface area contributed by atoms with Gasteiger partial charge in [0.05, 0.1) is 39.3 Å². The van der Waals surface area contributed by atoms with Crippen LogP contribution in [0, 0.1) is 5.92 Å². The van der Waals surface area contributed by atoms with Gasteiger partial charge in [-0.1, -0.05) is 117 Å². The van der Waals surface area contributed by atoms with Gasteiger partial charge in [0, 0.05) is 6.42 Å². The minimum absolute atomic E-state index is 0.0167. The molecule has 266 valence electrons. The van der Waals surface area contributed by atoms with E-state index in [9.17, 15) is 24.3 Å². The van der Waals surface area contributed by atoms with E-state index in [1.165, 1.54) is 96.3 Å². The molecule has 0 heterocycles. The van der Waals surface area contributed by atoms with Gasteiger partial charge in [-0.25, -0.2) is 4.79 Å². The molecule has 0 amide bonds. The van der Waals surface area contributed by atoms with Crippen LogP contribution < -0.4 is 0 Å². The van der Waals surface area contributed by atoms with Gasteiger partial charge in [-0.05, 0) is 39.5 Å². The Hall–Kier alpha value is -2.16. The zero-order chi connectivity index (χ0) is 34.2. The Kier molecular flexibility index (Phi) is 31.8. The van der Waals surface area contributed by atoms with Gasteiger partial charge in [0.1, 0.15) is 0 Å². The maximum absolute atomic E-state index is 11.8. The van der Waals surface area contributed by atoms with E-state index in [4.69, 9.17) is 4.74 Å². The number of aliphatic hydroxyl groups is 1. The summed E-state index contributed by atoms with van der Waals surface area (Å²) in [5.74, 6) is -2.05. The quantitative estimate of drug-likeness (QED) is 0.0507. The van der Waals surface area contributed by atoms with Crippen LogP contribution in [0.5, 0.6) is 0 Å². The van der Waals surface area contributed by atoms with Crippen LogP contribution in [0.15, 0.2) is 0 Å². The first-order chi connectivity index (χ1) is 21.6. The number of unbranched alkanes of at least 4 members (excludes halogenated alkanes) is 13. The third-order valence-electron chi connectivity index (χ3n) is 7.65. The number of rotatable bonds is 28. The molecule has 0 saturated heterocycles. The highest BCUT2D eigenvalue weighted by molar-refractivity contribution is 5.90. The molecule has 0 aliphatic carbocycles. The summed E-state index contributed by atoms with van der Waals surface area (Å²) in [6, 6.07) is 0. The Morgan fingerprint density at radius 2 is 0.956 bits per heavy atom. The van der Waals surface area contributed by atoms with Crippen molar-refractivity contribution in [3.63, 3.8) is 0 Å². The van der Waals surface area contributed by atoms with Crippen LogP contribution >= 0.6 is 0 Å². The number of hydrogen-bond acceptors (Lipinski definition) is 9. The van der Waals surface area contributed by atoms with Gasteiger partial charge in [0.15, 0.2) is 5.60 Å². The van der Waals surface area contributed by atoms with Crippen LogP contribution in [0.2, 0.25) is 0 Å². The van der Waals surface area contributed by atoms with E-state index in [2.05, 4.69) is 35.0 Å². The number of hydrogen-bond donors (Lipinski definition) is 1. The lowest BCUT2D eigenvalue weighted by molar-refractivity contribution is -0.177. The van der Waals surface area contributed by atoms with Crippen molar-refractivity contribution in [2.45, 2.75) is 176 Å². The average Bonchev–Trinajstić information content (AvgIpc) is 3.00. The van der Waals surface area contributed by atoms with Crippen LogP contribution in [-0.2, 0) is 38.1 Å². The Bertz CT molecular complexity index is 718. The van der Waals surface area contributed by atoms with E-state index in [1.807, 2.05) is 0 Å². The topological polar surface area (TPSA) is 125 Å². The highest BCUT2D eigenvalue weighted by Gasteiger charge is 2.43. The molecule has 45 heavy (non-hydrogen) atoms. The minimum Gasteiger partial charge on any atom is -0.466 e. The molecule has 0 rings (SSSR count). The molecule has 1 N–H and O–H groups in total. The summed E-state index contributed by atoms with van der Waals surface area (Å²) in [6.07, 6.45) is 21.5. The van der Waals surface area contributed by atoms with Crippen molar-refractivity contribution in [3.05, 3.63) is 0 Å². The van der Waals surface area contributed by atoms with Gasteiger partial charge in [-0.2, -0.15) is 0 Å². The summed E-state index contributed by atoms with van der Waals surface area (Å²) in [5, 5.41) is 10.1. The highest BCUT2D eigenvalue weighted by atomic mass is 16.6. The van der Waals surface area contributed by atoms with E-state index in [0.29, 0.717) is 18.9 Å². The zero-order valence-corrected chi connectivity index (χ0v) is 29.8. The predicted octanol–water partition coefficient (Wildman–Crippen LogP) is 8.41. The van der Waals surface area contributed by atoms with E-state index < -0.39 is 36.4 Å². The molecule has 0 fully saturated rings. The summed E-state index contributed by atoms with van der Waals surface area (Å²) in [5.41, 5.74) is -2.26. The molecule has 0 aromatic rings. The van der Waals surface area contributed by atoms with Gasteiger partial charge < -0.3 is 24.1 Å². The molecule has 1 atom stereocenters. The molecular weight excluding hydrogens is 576 g/mol. The first kappa shape index (κ1) is 45.0. The Balaban J connectivity index is 0. The second-order valence-corrected chi connectivity index (χ2v) is 11.8. The summed E-state index contributed by atoms with van der Waals surface area (Å²) in [4.78, 5) is 46.2. The molecule has 0 bridgehead atoms. The Morgan fingerprint density at radius 1 is 0.533 bits per heavy atom. The molecule has 0 aromatic carbocycles. The number of carbonyl (C=O) groups is 4. The van der Waals surface area contributed by atoms with Gasteiger partial charge in [-0.15, -0.1) is 0 Å². The van der Waals surface area contributed by atoms with Crippen molar-refractivity contribution in [1.82, 2.24) is 0 Å². The Morgan fingerprint density at radius 3 is 1.36 bits per heavy atom. The largest absolute Gasteiger partial charge is 0.466 e. The summed E-state index contributed by atoms with van der Waals surface area (Å²) < 4.78 is 19.4. The third-order valence-corrected chi connectivity index (χ3v) is 7.65. The second kappa shape index (κ2) is 31.8. The standard InChI is InChI=1S/C24H48O2.C12H20O7/c1-4-7-9-10-11-12-13-14-15-16-17-18-19-21-24(25)26-22-23(6-3)20-8-5-2;1-4-17-9(13)7-12(16,11(15)19-6-3)8-10(14)18-5-2/h23H,4-22H2,1-3H3;16H,4-8H2,1-3H3. The van der Waals surface area contributed by atoms with Crippen molar-refractivity contribution < 1.29 is 43.2 Å². The predicted molar refractivity (Wildman–Crippen MR) is 179 cm³/mol. The van der Waals surface area contributed by atoms with Crippen LogP contribution in [-0.4, -0.2) is 61.0 Å². The highest BCUT2D eigenvalue weighted by Crippen LogP contribution is 2.20. The molecule has 0 aromatic heterocycles. The SMILES string of the molecule is CCCCCCCCCCCCCCCC(=O)OCC(CC)CCCC.CCOC(=O)CC(O)(CC(=O)OCC)C(=O)OCC. The van der Waals surface area contributed by atoms with Crippen LogP contribution in [0.25, 0.3) is 0 Å². The molecular formula is C36H68O9. The third kappa shape index (κ3) is 27.8. The van der Waals surface area contributed by atoms with E-state index in [1.54, 1.807) is 20.8 Å². The number of esters is 4. The first-order valence-corrected chi connectivity index (χ1v) is 18.0. The van der Waals surface area contributed by atoms with Crippen LogP contribution in [0.3, 0.4) is 0 Å². The summed E-state index contributed by atoms with van der Waals surface area (Å²) in [7, 11) is 0. The average molecular weight is 645 g/mol. The lowest BCUT2D eigenvalue weighted by Crippen LogP contribution is -2.44. The molecule has 9 heteroatoms. The molecule has 0 radical (unpaired) electrons. The fraction of sp³-hybridized carbons (Fsp3) is 0.889. The lowest BCUT2D eigenvalue weighted by atomic mass is 9.95. The van der Waals surface area contributed by atoms with Crippen LogP contribution in [0.4, 0.5) is 0 Å². The summed E-state index contributed by atoms with van der Waals surface area (Å²) in [6.45, 7) is 12.3. The van der Waals surface area contributed by atoms with Crippen LogP contribution in [0.1, 0.15) is 170 Å². The molecule has 0 saturated carbocycles. The molecule has 0 aliphatic heterocycles. The fourth-order valence-corrected chi connectivity index (χ4v) is 4.84. The Labute approximate surface area is 274 Å². The van der Waals surface area contributed by atoms with Crippen molar-refractivity contribution in [1.29, 1.82) is 0 Å². The molecule has 0 aliphatic rings. The lowest BCUT2D eigenvalue weighted by Gasteiger charge is -2.23. The normalized spacial score (nSPS) is 11.6. The number of carbonyl (C=O) groups excluding carboxylic acids is 4. The number of ether oxygens (including phenoxy) is 4. The van der Waals surface area contributed by atoms with E-state index in [0.717, 1.165) is 12.8 Å². The molecule has 9 nitrogen and oxygen atoms in total. The van der Waals surface area contributed by atoms with Crippen molar-refractivity contribution >= 4 is 23.9 Å². The van der Waals surface area contributed by atoms with Crippen molar-refractivity contribution in [2.24, 2.45) is 5.92 Å². The monoisotopic (exact) mass is 644 g/mol. The van der Waals surface area contributed by atoms with E-state index >= 15 is 0 Å². The van der Waals surface area contributed by atoms with Gasteiger partial charge >= 0.3 is 23.9 Å². The summed E-state index contributed by atoms with van der Waals surface area (Å²) >= 11 is 0. The smallest absolute Gasteiger partial charge is 0.339 e.